The molecule has 0 atom stereocenters. The molecule has 1 aromatic rings. The average molecular weight is 299 g/mol. The van der Waals surface area contributed by atoms with Gasteiger partial charge in [-0.2, -0.15) is 5.26 Å². The Balaban J connectivity index is 2.00. The van der Waals surface area contributed by atoms with Gasteiger partial charge in [0.25, 0.3) is 0 Å². The zero-order chi connectivity index (χ0) is 16.2. The van der Waals surface area contributed by atoms with Crippen LogP contribution in [0.4, 0.5) is 5.69 Å². The third-order valence-corrected chi connectivity index (χ3v) is 3.92. The second-order valence-corrected chi connectivity index (χ2v) is 6.13. The van der Waals surface area contributed by atoms with Crippen molar-refractivity contribution in [2.75, 3.05) is 11.9 Å². The van der Waals surface area contributed by atoms with Crippen LogP contribution in [0.2, 0.25) is 0 Å². The number of carbonyl (C=O) groups excluding carboxylic acids is 2. The van der Waals surface area contributed by atoms with Crippen molar-refractivity contribution in [2.45, 2.75) is 33.1 Å². The molecule has 0 aliphatic heterocycles. The van der Waals surface area contributed by atoms with Gasteiger partial charge in [-0.3, -0.25) is 9.59 Å². The molecular formula is C17H21N3O2. The van der Waals surface area contributed by atoms with Crippen molar-refractivity contribution in [3.63, 3.8) is 0 Å². The molecule has 0 aromatic heterocycles. The lowest BCUT2D eigenvalue weighted by atomic mass is 10.0. The van der Waals surface area contributed by atoms with Crippen LogP contribution >= 0.6 is 0 Å². The molecule has 1 aromatic carbocycles. The first-order chi connectivity index (χ1) is 10.5. The fraction of sp³-hybridized carbons (Fsp3) is 0.471. The van der Waals surface area contributed by atoms with Crippen molar-refractivity contribution < 1.29 is 9.59 Å². The smallest absolute Gasteiger partial charge is 0.240 e. The fourth-order valence-electron chi connectivity index (χ4n) is 2.26. The van der Waals surface area contributed by atoms with Crippen LogP contribution in [0.15, 0.2) is 24.3 Å². The Morgan fingerprint density at radius 1 is 1.27 bits per heavy atom. The van der Waals surface area contributed by atoms with Gasteiger partial charge in [0.05, 0.1) is 11.3 Å². The Kier molecular flexibility index (Phi) is 4.81. The van der Waals surface area contributed by atoms with E-state index in [1.165, 1.54) is 0 Å². The summed E-state index contributed by atoms with van der Waals surface area (Å²) in [6.45, 7) is 4.76. The highest BCUT2D eigenvalue weighted by molar-refractivity contribution is 6.13. The molecule has 22 heavy (non-hydrogen) atoms. The minimum Gasteiger partial charge on any atom is -0.355 e. The number of rotatable bonds is 6. The van der Waals surface area contributed by atoms with Crippen molar-refractivity contribution in [3.8, 4) is 6.07 Å². The molecule has 0 radical (unpaired) electrons. The molecule has 2 N–H and O–H groups in total. The molecule has 2 rings (SSSR count). The summed E-state index contributed by atoms with van der Waals surface area (Å²) in [4.78, 5) is 24.7. The number of hydrogen-bond donors (Lipinski definition) is 2. The summed E-state index contributed by atoms with van der Waals surface area (Å²) in [5.41, 5.74) is -0.109. The summed E-state index contributed by atoms with van der Waals surface area (Å²) in [7, 11) is 0. The van der Waals surface area contributed by atoms with E-state index in [2.05, 4.69) is 24.5 Å². The normalized spacial score (nSPS) is 15.0. The second kappa shape index (κ2) is 6.61. The molecule has 0 bridgehead atoms. The molecule has 116 valence electrons. The molecule has 2 amide bonds. The molecule has 1 aliphatic carbocycles. The first-order valence-electron chi connectivity index (χ1n) is 7.58. The third kappa shape index (κ3) is 3.45. The lowest BCUT2D eigenvalue weighted by Gasteiger charge is -2.16. The largest absolute Gasteiger partial charge is 0.355 e. The molecule has 1 aliphatic rings. The minimum absolute atomic E-state index is 0.208. The molecule has 0 saturated heterocycles. The number of amides is 2. The van der Waals surface area contributed by atoms with E-state index in [1.807, 2.05) is 6.07 Å². The zero-order valence-corrected chi connectivity index (χ0v) is 13.0. The minimum atomic E-state index is -0.959. The van der Waals surface area contributed by atoms with Crippen LogP contribution < -0.4 is 10.6 Å². The third-order valence-electron chi connectivity index (χ3n) is 3.92. The molecule has 1 saturated carbocycles. The molecule has 0 heterocycles. The fourth-order valence-corrected chi connectivity index (χ4v) is 2.26. The second-order valence-electron chi connectivity index (χ2n) is 6.13. The number of hydrogen-bond acceptors (Lipinski definition) is 3. The maximum absolute atomic E-state index is 12.4. The number of nitrogens with zero attached hydrogens (tertiary/aromatic N) is 1. The first-order valence-corrected chi connectivity index (χ1v) is 7.58. The lowest BCUT2D eigenvalue weighted by molar-refractivity contribution is -0.134. The molecule has 5 nitrogen and oxygen atoms in total. The summed E-state index contributed by atoms with van der Waals surface area (Å²) in [5.74, 6) is -0.0240. The van der Waals surface area contributed by atoms with Gasteiger partial charge in [0, 0.05) is 6.54 Å². The Labute approximate surface area is 130 Å². The standard InChI is InChI=1S/C17H21N3O2/c1-12(2)7-10-19-15(21)17(8-9-17)16(22)20-14-6-4-3-5-13(14)11-18/h3-6,12H,7-10H2,1-2H3,(H,19,21)(H,20,22). The van der Waals surface area contributed by atoms with Crippen LogP contribution in [0, 0.1) is 22.7 Å². The van der Waals surface area contributed by atoms with Gasteiger partial charge >= 0.3 is 0 Å². The number of anilines is 1. The summed E-state index contributed by atoms with van der Waals surface area (Å²) >= 11 is 0. The van der Waals surface area contributed by atoms with Crippen molar-refractivity contribution in [2.24, 2.45) is 11.3 Å². The highest BCUT2D eigenvalue weighted by Gasteiger charge is 2.56. The molecule has 0 spiro atoms. The predicted octanol–water partition coefficient (Wildman–Crippen LogP) is 2.44. The van der Waals surface area contributed by atoms with E-state index in [9.17, 15) is 9.59 Å². The van der Waals surface area contributed by atoms with Gasteiger partial charge in [0.1, 0.15) is 11.5 Å². The van der Waals surface area contributed by atoms with Crippen molar-refractivity contribution in [3.05, 3.63) is 29.8 Å². The van der Waals surface area contributed by atoms with Gasteiger partial charge in [-0.25, -0.2) is 0 Å². The van der Waals surface area contributed by atoms with Crippen molar-refractivity contribution in [1.29, 1.82) is 5.26 Å². The Bertz CT molecular complexity index is 613. The highest BCUT2D eigenvalue weighted by Crippen LogP contribution is 2.47. The Morgan fingerprint density at radius 3 is 2.55 bits per heavy atom. The number of nitrogens with one attached hydrogen (secondary N) is 2. The topological polar surface area (TPSA) is 82.0 Å². The zero-order valence-electron chi connectivity index (χ0n) is 13.0. The van der Waals surface area contributed by atoms with E-state index in [4.69, 9.17) is 5.26 Å². The van der Waals surface area contributed by atoms with Gasteiger partial charge in [-0.05, 0) is 37.3 Å². The average Bonchev–Trinajstić information content (AvgIpc) is 3.29. The van der Waals surface area contributed by atoms with E-state index in [0.29, 0.717) is 36.6 Å². The quantitative estimate of drug-likeness (QED) is 0.791. The number of para-hydroxylation sites is 1. The van der Waals surface area contributed by atoms with E-state index >= 15 is 0 Å². The summed E-state index contributed by atoms with van der Waals surface area (Å²) in [6, 6.07) is 8.82. The van der Waals surface area contributed by atoms with Gasteiger partial charge in [0.15, 0.2) is 0 Å². The van der Waals surface area contributed by atoms with Crippen LogP contribution in [0.1, 0.15) is 38.7 Å². The SMILES string of the molecule is CC(C)CCNC(=O)C1(C(=O)Nc2ccccc2C#N)CC1. The van der Waals surface area contributed by atoms with Gasteiger partial charge in [-0.1, -0.05) is 26.0 Å². The van der Waals surface area contributed by atoms with Crippen LogP contribution in [0.5, 0.6) is 0 Å². The lowest BCUT2D eigenvalue weighted by Crippen LogP contribution is -2.40. The van der Waals surface area contributed by atoms with Gasteiger partial charge in [-0.15, -0.1) is 0 Å². The van der Waals surface area contributed by atoms with E-state index < -0.39 is 5.41 Å². The van der Waals surface area contributed by atoms with Crippen molar-refractivity contribution >= 4 is 17.5 Å². The van der Waals surface area contributed by atoms with Gasteiger partial charge < -0.3 is 10.6 Å². The summed E-state index contributed by atoms with van der Waals surface area (Å²) < 4.78 is 0. The molecule has 1 fully saturated rings. The van der Waals surface area contributed by atoms with Crippen LogP contribution in [0.3, 0.4) is 0 Å². The Hall–Kier alpha value is -2.35. The van der Waals surface area contributed by atoms with Crippen LogP contribution in [0.25, 0.3) is 0 Å². The summed E-state index contributed by atoms with van der Waals surface area (Å²) in [5, 5.41) is 14.6. The van der Waals surface area contributed by atoms with Crippen molar-refractivity contribution in [1.82, 2.24) is 5.32 Å². The summed E-state index contributed by atoms with van der Waals surface area (Å²) in [6.07, 6.45) is 2.00. The molecular weight excluding hydrogens is 278 g/mol. The number of carbonyl (C=O) groups is 2. The maximum Gasteiger partial charge on any atom is 0.240 e. The van der Waals surface area contributed by atoms with E-state index in [0.717, 1.165) is 6.42 Å². The van der Waals surface area contributed by atoms with E-state index in [-0.39, 0.29) is 11.8 Å². The van der Waals surface area contributed by atoms with E-state index in [1.54, 1.807) is 24.3 Å². The number of nitriles is 1. The predicted molar refractivity (Wildman–Crippen MR) is 83.9 cm³/mol. The molecule has 5 heteroatoms. The molecule has 0 unspecified atom stereocenters. The number of benzene rings is 1. The maximum atomic E-state index is 12.4. The van der Waals surface area contributed by atoms with Crippen LogP contribution in [-0.2, 0) is 9.59 Å². The Morgan fingerprint density at radius 2 is 1.95 bits per heavy atom. The first kappa shape index (κ1) is 16.0. The van der Waals surface area contributed by atoms with Gasteiger partial charge in [0.2, 0.25) is 11.8 Å². The van der Waals surface area contributed by atoms with Crippen LogP contribution in [-0.4, -0.2) is 18.4 Å². The monoisotopic (exact) mass is 299 g/mol. The highest BCUT2D eigenvalue weighted by atomic mass is 16.2.